The smallest absolute Gasteiger partial charge is 0.257 e. The third-order valence-corrected chi connectivity index (χ3v) is 4.44. The number of amides is 1. The van der Waals surface area contributed by atoms with Crippen molar-refractivity contribution in [2.45, 2.75) is 31.8 Å². The SMILES string of the molecule is O=C(Nc1cccc(OC2CCCC2)c1)c1ccccc1-n1cnnn1. The maximum absolute atomic E-state index is 12.8. The minimum absolute atomic E-state index is 0.228. The number of anilines is 1. The normalized spacial score (nSPS) is 14.3. The maximum Gasteiger partial charge on any atom is 0.257 e. The number of para-hydroxylation sites is 1. The van der Waals surface area contributed by atoms with E-state index in [1.54, 1.807) is 12.1 Å². The summed E-state index contributed by atoms with van der Waals surface area (Å²) >= 11 is 0. The molecule has 7 heteroatoms. The lowest BCUT2D eigenvalue weighted by Crippen LogP contribution is -2.16. The van der Waals surface area contributed by atoms with Crippen LogP contribution in [0.3, 0.4) is 0 Å². The third kappa shape index (κ3) is 3.56. The zero-order valence-corrected chi connectivity index (χ0v) is 14.2. The molecule has 0 atom stereocenters. The van der Waals surface area contributed by atoms with Gasteiger partial charge in [0, 0.05) is 11.8 Å². The van der Waals surface area contributed by atoms with E-state index in [2.05, 4.69) is 20.8 Å². The summed E-state index contributed by atoms with van der Waals surface area (Å²) in [5, 5.41) is 14.0. The molecule has 1 N–H and O–H groups in total. The first kappa shape index (κ1) is 16.3. The van der Waals surface area contributed by atoms with Crippen molar-refractivity contribution in [1.82, 2.24) is 20.2 Å². The van der Waals surface area contributed by atoms with Crippen LogP contribution in [0.4, 0.5) is 5.69 Å². The highest BCUT2D eigenvalue weighted by molar-refractivity contribution is 6.06. The minimum Gasteiger partial charge on any atom is -0.490 e. The van der Waals surface area contributed by atoms with Gasteiger partial charge in [0.05, 0.1) is 17.4 Å². The molecule has 0 unspecified atom stereocenters. The number of ether oxygens (including phenoxy) is 1. The Morgan fingerprint density at radius 1 is 1.12 bits per heavy atom. The summed E-state index contributed by atoms with van der Waals surface area (Å²) in [6.45, 7) is 0. The average molecular weight is 349 g/mol. The van der Waals surface area contributed by atoms with Crippen molar-refractivity contribution in [3.05, 3.63) is 60.4 Å². The van der Waals surface area contributed by atoms with Gasteiger partial charge in [-0.15, -0.1) is 5.10 Å². The van der Waals surface area contributed by atoms with E-state index in [9.17, 15) is 4.79 Å². The molecule has 1 heterocycles. The Bertz CT molecular complexity index is 888. The molecule has 1 aliphatic rings. The van der Waals surface area contributed by atoms with Crippen molar-refractivity contribution < 1.29 is 9.53 Å². The summed E-state index contributed by atoms with van der Waals surface area (Å²) in [6, 6.07) is 14.7. The van der Waals surface area contributed by atoms with Crippen LogP contribution in [0.15, 0.2) is 54.9 Å². The first-order chi connectivity index (χ1) is 12.8. The first-order valence-corrected chi connectivity index (χ1v) is 8.70. The standard InChI is InChI=1S/C19H19N5O2/c25-19(17-10-3-4-11-18(17)24-13-20-22-23-24)21-14-6-5-9-16(12-14)26-15-7-1-2-8-15/h3-6,9-13,15H,1-2,7-8H2,(H,21,25). The molecule has 0 saturated heterocycles. The Hall–Kier alpha value is -3.22. The zero-order valence-electron chi connectivity index (χ0n) is 14.2. The molecule has 1 saturated carbocycles. The summed E-state index contributed by atoms with van der Waals surface area (Å²) in [6.07, 6.45) is 6.36. The van der Waals surface area contributed by atoms with E-state index in [4.69, 9.17) is 4.74 Å². The Balaban J connectivity index is 1.52. The Morgan fingerprint density at radius 3 is 2.77 bits per heavy atom. The van der Waals surface area contributed by atoms with Crippen LogP contribution in [0.25, 0.3) is 5.69 Å². The highest BCUT2D eigenvalue weighted by Gasteiger charge is 2.17. The molecule has 2 aromatic carbocycles. The number of benzene rings is 2. The largest absolute Gasteiger partial charge is 0.490 e. The van der Waals surface area contributed by atoms with Crippen LogP contribution in [0.1, 0.15) is 36.0 Å². The predicted molar refractivity (Wildman–Crippen MR) is 96.4 cm³/mol. The molecule has 4 rings (SSSR count). The van der Waals surface area contributed by atoms with Gasteiger partial charge in [-0.2, -0.15) is 4.68 Å². The summed E-state index contributed by atoms with van der Waals surface area (Å²) in [5.41, 5.74) is 1.80. The molecule has 7 nitrogen and oxygen atoms in total. The molecule has 1 aromatic heterocycles. The van der Waals surface area contributed by atoms with Crippen LogP contribution in [-0.2, 0) is 0 Å². The molecule has 3 aromatic rings. The maximum atomic E-state index is 12.8. The van der Waals surface area contributed by atoms with E-state index in [1.165, 1.54) is 23.9 Å². The number of tetrazole rings is 1. The second kappa shape index (κ2) is 7.35. The van der Waals surface area contributed by atoms with Crippen molar-refractivity contribution in [2.24, 2.45) is 0 Å². The lowest BCUT2D eigenvalue weighted by Gasteiger charge is -2.14. The van der Waals surface area contributed by atoms with Crippen molar-refractivity contribution >= 4 is 11.6 Å². The average Bonchev–Trinajstić information content (AvgIpc) is 3.36. The van der Waals surface area contributed by atoms with Crippen LogP contribution in [0, 0.1) is 0 Å². The quantitative estimate of drug-likeness (QED) is 0.765. The number of hydrogen-bond donors (Lipinski definition) is 1. The second-order valence-electron chi connectivity index (χ2n) is 6.28. The van der Waals surface area contributed by atoms with Crippen LogP contribution >= 0.6 is 0 Å². The number of carbonyl (C=O) groups is 1. The fourth-order valence-corrected chi connectivity index (χ4v) is 3.18. The van der Waals surface area contributed by atoms with Crippen LogP contribution < -0.4 is 10.1 Å². The lowest BCUT2D eigenvalue weighted by atomic mass is 10.1. The molecule has 0 spiro atoms. The molecule has 0 radical (unpaired) electrons. The molecule has 1 amide bonds. The van der Waals surface area contributed by atoms with Gasteiger partial charge in [-0.05, 0) is 60.4 Å². The van der Waals surface area contributed by atoms with Gasteiger partial charge in [-0.3, -0.25) is 4.79 Å². The number of aromatic nitrogens is 4. The Kier molecular flexibility index (Phi) is 4.59. The van der Waals surface area contributed by atoms with E-state index in [1.807, 2.05) is 36.4 Å². The summed E-state index contributed by atoms with van der Waals surface area (Å²) in [5.74, 6) is 0.553. The first-order valence-electron chi connectivity index (χ1n) is 8.70. The summed E-state index contributed by atoms with van der Waals surface area (Å²) in [7, 11) is 0. The monoisotopic (exact) mass is 349 g/mol. The third-order valence-electron chi connectivity index (χ3n) is 4.44. The van der Waals surface area contributed by atoms with Gasteiger partial charge >= 0.3 is 0 Å². The number of nitrogens with zero attached hydrogens (tertiary/aromatic N) is 4. The molecular formula is C19H19N5O2. The highest BCUT2D eigenvalue weighted by atomic mass is 16.5. The van der Waals surface area contributed by atoms with E-state index < -0.39 is 0 Å². The predicted octanol–water partition coefficient (Wildman–Crippen LogP) is 3.24. The lowest BCUT2D eigenvalue weighted by molar-refractivity contribution is 0.102. The van der Waals surface area contributed by atoms with Gasteiger partial charge in [-0.25, -0.2) is 0 Å². The van der Waals surface area contributed by atoms with E-state index in [-0.39, 0.29) is 12.0 Å². The van der Waals surface area contributed by atoms with Crippen molar-refractivity contribution in [1.29, 1.82) is 0 Å². The van der Waals surface area contributed by atoms with Gasteiger partial charge in [0.25, 0.3) is 5.91 Å². The van der Waals surface area contributed by atoms with Crippen molar-refractivity contribution in [2.75, 3.05) is 5.32 Å². The topological polar surface area (TPSA) is 81.9 Å². The Morgan fingerprint density at radius 2 is 1.96 bits per heavy atom. The second-order valence-corrected chi connectivity index (χ2v) is 6.28. The minimum atomic E-state index is -0.228. The zero-order chi connectivity index (χ0) is 17.8. The molecule has 0 aliphatic heterocycles. The van der Waals surface area contributed by atoms with Gasteiger partial charge in [0.1, 0.15) is 12.1 Å². The van der Waals surface area contributed by atoms with E-state index >= 15 is 0 Å². The van der Waals surface area contributed by atoms with Crippen molar-refractivity contribution in [3.8, 4) is 11.4 Å². The van der Waals surface area contributed by atoms with Crippen molar-refractivity contribution in [3.63, 3.8) is 0 Å². The molecule has 1 fully saturated rings. The summed E-state index contributed by atoms with van der Waals surface area (Å²) < 4.78 is 7.47. The van der Waals surface area contributed by atoms with Gasteiger partial charge in [-0.1, -0.05) is 18.2 Å². The van der Waals surface area contributed by atoms with Crippen LogP contribution in [0.2, 0.25) is 0 Å². The van der Waals surface area contributed by atoms with Gasteiger partial charge in [0.2, 0.25) is 0 Å². The molecule has 132 valence electrons. The number of nitrogens with one attached hydrogen (secondary N) is 1. The van der Waals surface area contributed by atoms with Crippen LogP contribution in [0.5, 0.6) is 5.75 Å². The highest BCUT2D eigenvalue weighted by Crippen LogP contribution is 2.26. The fourth-order valence-electron chi connectivity index (χ4n) is 3.18. The Labute approximate surface area is 151 Å². The fraction of sp³-hybridized carbons (Fsp3) is 0.263. The summed E-state index contributed by atoms with van der Waals surface area (Å²) in [4.78, 5) is 12.8. The molecule has 26 heavy (non-hydrogen) atoms. The van der Waals surface area contributed by atoms with Gasteiger partial charge < -0.3 is 10.1 Å². The van der Waals surface area contributed by atoms with E-state index in [0.29, 0.717) is 16.9 Å². The number of rotatable bonds is 5. The van der Waals surface area contributed by atoms with Gasteiger partial charge in [0.15, 0.2) is 0 Å². The number of hydrogen-bond acceptors (Lipinski definition) is 5. The van der Waals surface area contributed by atoms with Crippen LogP contribution in [-0.4, -0.2) is 32.2 Å². The molecular weight excluding hydrogens is 330 g/mol. The molecule has 0 bridgehead atoms. The molecule has 1 aliphatic carbocycles. The number of carbonyl (C=O) groups excluding carboxylic acids is 1. The van der Waals surface area contributed by atoms with E-state index in [0.717, 1.165) is 18.6 Å².